The summed E-state index contributed by atoms with van der Waals surface area (Å²) in [7, 11) is 0. The third-order valence-electron chi connectivity index (χ3n) is 4.68. The Morgan fingerprint density at radius 1 is 1.30 bits per heavy atom. The van der Waals surface area contributed by atoms with Crippen molar-refractivity contribution in [2.24, 2.45) is 11.8 Å². The van der Waals surface area contributed by atoms with Gasteiger partial charge in [0.15, 0.2) is 0 Å². The van der Waals surface area contributed by atoms with Crippen molar-refractivity contribution in [2.45, 2.75) is 71.4 Å². The normalized spacial score (nSPS) is 28.4. The van der Waals surface area contributed by atoms with Gasteiger partial charge in [-0.2, -0.15) is 0 Å². The first-order chi connectivity index (χ1) is 9.58. The molecular formula is C16H28N2O2. The molecule has 1 saturated heterocycles. The zero-order valence-electron chi connectivity index (χ0n) is 13.0. The minimum absolute atomic E-state index is 0.0601. The number of rotatable bonds is 7. The van der Waals surface area contributed by atoms with E-state index in [1.807, 2.05) is 4.90 Å². The molecule has 0 radical (unpaired) electrons. The summed E-state index contributed by atoms with van der Waals surface area (Å²) in [6.45, 7) is 6.93. The van der Waals surface area contributed by atoms with Gasteiger partial charge >= 0.3 is 0 Å². The van der Waals surface area contributed by atoms with E-state index in [-0.39, 0.29) is 23.9 Å². The van der Waals surface area contributed by atoms with Crippen LogP contribution in [0, 0.1) is 11.8 Å². The van der Waals surface area contributed by atoms with E-state index in [0.717, 1.165) is 32.2 Å². The maximum Gasteiger partial charge on any atom is 0.245 e. The van der Waals surface area contributed by atoms with Gasteiger partial charge in [0.2, 0.25) is 11.8 Å². The van der Waals surface area contributed by atoms with E-state index in [4.69, 9.17) is 0 Å². The number of piperazine rings is 1. The van der Waals surface area contributed by atoms with Gasteiger partial charge in [-0.25, -0.2) is 0 Å². The van der Waals surface area contributed by atoms with E-state index in [1.165, 1.54) is 12.8 Å². The lowest BCUT2D eigenvalue weighted by Crippen LogP contribution is -2.63. The molecule has 0 aromatic carbocycles. The van der Waals surface area contributed by atoms with Crippen molar-refractivity contribution in [3.63, 3.8) is 0 Å². The van der Waals surface area contributed by atoms with Gasteiger partial charge < -0.3 is 10.2 Å². The molecule has 0 bridgehead atoms. The molecule has 0 aromatic heterocycles. The van der Waals surface area contributed by atoms with Gasteiger partial charge in [0, 0.05) is 6.54 Å². The summed E-state index contributed by atoms with van der Waals surface area (Å²) in [5.41, 5.74) is 0. The quantitative estimate of drug-likeness (QED) is 0.778. The minimum Gasteiger partial charge on any atom is -0.343 e. The highest BCUT2D eigenvalue weighted by Gasteiger charge is 2.46. The molecule has 4 heteroatoms. The lowest BCUT2D eigenvalue weighted by atomic mass is 9.95. The highest BCUT2D eigenvalue weighted by Crippen LogP contribution is 2.37. The van der Waals surface area contributed by atoms with Crippen LogP contribution in [-0.4, -0.2) is 35.3 Å². The molecule has 1 aliphatic heterocycles. The highest BCUT2D eigenvalue weighted by molar-refractivity contribution is 5.97. The van der Waals surface area contributed by atoms with Crippen LogP contribution in [0.2, 0.25) is 0 Å². The van der Waals surface area contributed by atoms with Gasteiger partial charge in [-0.1, -0.05) is 33.1 Å². The molecule has 0 spiro atoms. The molecule has 0 aromatic rings. The lowest BCUT2D eigenvalue weighted by Gasteiger charge is -2.40. The monoisotopic (exact) mass is 280 g/mol. The molecule has 20 heavy (non-hydrogen) atoms. The maximum atomic E-state index is 12.4. The van der Waals surface area contributed by atoms with Crippen LogP contribution in [0.1, 0.15) is 59.3 Å². The molecule has 1 N–H and O–H groups in total. The average Bonchev–Trinajstić information content (AvgIpc) is 3.24. The van der Waals surface area contributed by atoms with E-state index in [9.17, 15) is 9.59 Å². The second-order valence-corrected chi connectivity index (χ2v) is 6.42. The number of amides is 2. The van der Waals surface area contributed by atoms with Crippen LogP contribution >= 0.6 is 0 Å². The fraction of sp³-hybridized carbons (Fsp3) is 0.875. The van der Waals surface area contributed by atoms with E-state index < -0.39 is 0 Å². The molecule has 2 aliphatic rings. The Kier molecular flexibility index (Phi) is 5.06. The van der Waals surface area contributed by atoms with Gasteiger partial charge in [0.25, 0.3) is 0 Å². The van der Waals surface area contributed by atoms with Crippen LogP contribution in [0.3, 0.4) is 0 Å². The Morgan fingerprint density at radius 3 is 2.55 bits per heavy atom. The molecule has 3 unspecified atom stereocenters. The number of hydrogen-bond acceptors (Lipinski definition) is 2. The molecule has 2 fully saturated rings. The van der Waals surface area contributed by atoms with Crippen molar-refractivity contribution in [1.82, 2.24) is 10.2 Å². The van der Waals surface area contributed by atoms with Crippen LogP contribution < -0.4 is 5.32 Å². The third kappa shape index (κ3) is 3.33. The first-order valence-corrected chi connectivity index (χ1v) is 8.19. The Bertz CT molecular complexity index is 365. The van der Waals surface area contributed by atoms with Crippen molar-refractivity contribution >= 4 is 11.8 Å². The predicted octanol–water partition coefficient (Wildman–Crippen LogP) is 2.33. The van der Waals surface area contributed by atoms with Gasteiger partial charge in [-0.3, -0.25) is 9.59 Å². The smallest absolute Gasteiger partial charge is 0.245 e. The predicted molar refractivity (Wildman–Crippen MR) is 79.1 cm³/mol. The average molecular weight is 280 g/mol. The topological polar surface area (TPSA) is 49.4 Å². The number of unbranched alkanes of at least 4 members (excludes halogenated alkanes) is 1. The Hall–Kier alpha value is -1.06. The Balaban J connectivity index is 2.06. The number of hydrogen-bond donors (Lipinski definition) is 1. The molecule has 3 atom stereocenters. The molecule has 1 aliphatic carbocycles. The zero-order valence-corrected chi connectivity index (χ0v) is 13.0. The fourth-order valence-corrected chi connectivity index (χ4v) is 3.17. The molecule has 1 saturated carbocycles. The zero-order chi connectivity index (χ0) is 14.7. The van der Waals surface area contributed by atoms with Crippen LogP contribution in [0.25, 0.3) is 0 Å². The number of nitrogens with zero attached hydrogens (tertiary/aromatic N) is 1. The summed E-state index contributed by atoms with van der Waals surface area (Å²) in [6.07, 6.45) is 6.80. The second kappa shape index (κ2) is 6.59. The summed E-state index contributed by atoms with van der Waals surface area (Å²) in [6, 6.07) is -0.560. The number of carbonyl (C=O) groups excluding carboxylic acids is 2. The highest BCUT2D eigenvalue weighted by atomic mass is 16.2. The fourth-order valence-electron chi connectivity index (χ4n) is 3.17. The maximum absolute atomic E-state index is 12.4. The van der Waals surface area contributed by atoms with E-state index in [0.29, 0.717) is 11.8 Å². The Morgan fingerprint density at radius 2 is 2.00 bits per heavy atom. The lowest BCUT2D eigenvalue weighted by molar-refractivity contribution is -0.150. The van der Waals surface area contributed by atoms with E-state index in [2.05, 4.69) is 19.2 Å². The van der Waals surface area contributed by atoms with Crippen LogP contribution in [0.4, 0.5) is 0 Å². The molecule has 4 nitrogen and oxygen atoms in total. The van der Waals surface area contributed by atoms with Gasteiger partial charge in [0.1, 0.15) is 12.1 Å². The minimum atomic E-state index is -0.360. The van der Waals surface area contributed by atoms with E-state index >= 15 is 0 Å². The van der Waals surface area contributed by atoms with E-state index in [1.54, 1.807) is 6.92 Å². The summed E-state index contributed by atoms with van der Waals surface area (Å²) in [5.74, 6) is 1.09. The number of nitrogens with one attached hydrogen (secondary N) is 1. The number of carbonyl (C=O) groups is 2. The summed E-state index contributed by atoms with van der Waals surface area (Å²) in [5, 5.41) is 2.83. The van der Waals surface area contributed by atoms with Crippen molar-refractivity contribution < 1.29 is 9.59 Å². The molecule has 114 valence electrons. The van der Waals surface area contributed by atoms with Gasteiger partial charge in [-0.15, -0.1) is 0 Å². The largest absolute Gasteiger partial charge is 0.343 e. The van der Waals surface area contributed by atoms with Gasteiger partial charge in [-0.05, 0) is 38.0 Å². The van der Waals surface area contributed by atoms with Crippen molar-refractivity contribution in [3.8, 4) is 0 Å². The molecule has 2 rings (SSSR count). The summed E-state index contributed by atoms with van der Waals surface area (Å²) in [4.78, 5) is 26.6. The van der Waals surface area contributed by atoms with Crippen molar-refractivity contribution in [1.29, 1.82) is 0 Å². The van der Waals surface area contributed by atoms with Crippen LogP contribution in [0.15, 0.2) is 0 Å². The molecule has 1 heterocycles. The van der Waals surface area contributed by atoms with Crippen LogP contribution in [0.5, 0.6) is 0 Å². The first-order valence-electron chi connectivity index (χ1n) is 8.19. The molecule has 2 amide bonds. The SMILES string of the molecule is CCCCC(CC)CN1C(=O)C(C)NC(=O)C1C1CC1. The summed E-state index contributed by atoms with van der Waals surface area (Å²) >= 11 is 0. The second-order valence-electron chi connectivity index (χ2n) is 6.42. The first kappa shape index (κ1) is 15.3. The third-order valence-corrected chi connectivity index (χ3v) is 4.68. The van der Waals surface area contributed by atoms with Crippen molar-refractivity contribution in [3.05, 3.63) is 0 Å². The molecular weight excluding hydrogens is 252 g/mol. The Labute approximate surface area is 122 Å². The summed E-state index contributed by atoms with van der Waals surface area (Å²) < 4.78 is 0. The standard InChI is InChI=1S/C16H28N2O2/c1-4-6-7-12(5-2)10-18-14(13-8-9-13)15(19)17-11(3)16(18)20/h11-14H,4-10H2,1-3H3,(H,17,19). The van der Waals surface area contributed by atoms with Gasteiger partial charge in [0.05, 0.1) is 0 Å². The van der Waals surface area contributed by atoms with Crippen LogP contribution in [-0.2, 0) is 9.59 Å². The van der Waals surface area contributed by atoms with Crippen molar-refractivity contribution in [2.75, 3.05) is 6.54 Å².